The molecule has 0 aliphatic carbocycles. The first-order valence-electron chi connectivity index (χ1n) is 5.43. The van der Waals surface area contributed by atoms with Crippen molar-refractivity contribution in [2.75, 3.05) is 13.7 Å². The number of carbonyl (C=O) groups is 3. The normalized spacial score (nSPS) is 9.58. The Morgan fingerprint density at radius 3 is 2.58 bits per heavy atom. The van der Waals surface area contributed by atoms with Crippen LogP contribution in [0.4, 0.5) is 9.18 Å². The number of halogens is 1. The van der Waals surface area contributed by atoms with E-state index in [9.17, 15) is 18.8 Å². The molecular weight excluding hydrogens is 255 g/mol. The Morgan fingerprint density at radius 2 is 1.95 bits per heavy atom. The molecule has 102 valence electrons. The second kappa shape index (κ2) is 7.10. The van der Waals surface area contributed by atoms with Gasteiger partial charge in [0.05, 0.1) is 6.42 Å². The number of urea groups is 1. The van der Waals surface area contributed by atoms with Gasteiger partial charge in [-0.2, -0.15) is 0 Å². The molecule has 0 heterocycles. The first-order chi connectivity index (χ1) is 9.02. The lowest BCUT2D eigenvalue weighted by Crippen LogP contribution is -2.39. The molecular formula is C12H13FN2O4. The van der Waals surface area contributed by atoms with Crippen LogP contribution in [0.2, 0.25) is 0 Å². The molecule has 7 heteroatoms. The van der Waals surface area contributed by atoms with E-state index in [1.54, 1.807) is 6.07 Å². The number of nitrogens with one attached hydrogen (secondary N) is 2. The second-order valence-corrected chi connectivity index (χ2v) is 3.56. The number of imide groups is 1. The molecule has 2 N–H and O–H groups in total. The van der Waals surface area contributed by atoms with Crippen LogP contribution in [0.5, 0.6) is 0 Å². The van der Waals surface area contributed by atoms with Crippen LogP contribution in [0.3, 0.4) is 0 Å². The van der Waals surface area contributed by atoms with Crippen LogP contribution in [0.25, 0.3) is 0 Å². The van der Waals surface area contributed by atoms with Crippen LogP contribution in [0.15, 0.2) is 24.3 Å². The topological polar surface area (TPSA) is 84.5 Å². The molecule has 0 unspecified atom stereocenters. The molecule has 0 radical (unpaired) electrons. The highest BCUT2D eigenvalue weighted by molar-refractivity contribution is 5.95. The van der Waals surface area contributed by atoms with E-state index in [0.29, 0.717) is 0 Å². The number of carbonyl (C=O) groups excluding carboxylic acids is 3. The fraction of sp³-hybridized carbons (Fsp3) is 0.250. The van der Waals surface area contributed by atoms with Gasteiger partial charge in [-0.15, -0.1) is 0 Å². The van der Waals surface area contributed by atoms with Crippen molar-refractivity contribution in [1.29, 1.82) is 0 Å². The second-order valence-electron chi connectivity index (χ2n) is 3.56. The molecule has 0 fully saturated rings. The molecule has 0 aliphatic heterocycles. The molecule has 0 bridgehead atoms. The maximum atomic E-state index is 13.2. The number of benzene rings is 1. The van der Waals surface area contributed by atoms with Crippen molar-refractivity contribution in [3.8, 4) is 0 Å². The van der Waals surface area contributed by atoms with E-state index in [0.717, 1.165) is 0 Å². The van der Waals surface area contributed by atoms with Crippen LogP contribution < -0.4 is 10.6 Å². The molecule has 1 aromatic rings. The number of ether oxygens (including phenoxy) is 1. The van der Waals surface area contributed by atoms with Crippen LogP contribution >= 0.6 is 0 Å². The van der Waals surface area contributed by atoms with Gasteiger partial charge in [0.25, 0.3) is 5.91 Å². The van der Waals surface area contributed by atoms with Crippen molar-refractivity contribution in [1.82, 2.24) is 10.6 Å². The lowest BCUT2D eigenvalue weighted by molar-refractivity contribution is -0.147. The van der Waals surface area contributed by atoms with Gasteiger partial charge < -0.3 is 10.1 Å². The number of hydrogen-bond donors (Lipinski definition) is 2. The van der Waals surface area contributed by atoms with E-state index in [-0.39, 0.29) is 12.0 Å². The van der Waals surface area contributed by atoms with Gasteiger partial charge in [0.15, 0.2) is 6.61 Å². The molecule has 0 saturated carbocycles. The molecule has 0 aliphatic rings. The van der Waals surface area contributed by atoms with Crippen molar-refractivity contribution in [3.63, 3.8) is 0 Å². The minimum atomic E-state index is -0.763. The molecule has 0 spiro atoms. The van der Waals surface area contributed by atoms with Gasteiger partial charge in [-0.25, -0.2) is 9.18 Å². The van der Waals surface area contributed by atoms with E-state index < -0.39 is 30.3 Å². The summed E-state index contributed by atoms with van der Waals surface area (Å²) in [5, 5.41) is 4.09. The predicted octanol–water partition coefficient (Wildman–Crippen LogP) is 0.367. The summed E-state index contributed by atoms with van der Waals surface area (Å²) in [4.78, 5) is 33.2. The Kier molecular flexibility index (Phi) is 5.46. The summed E-state index contributed by atoms with van der Waals surface area (Å²) in [6, 6.07) is 5.06. The molecule has 6 nitrogen and oxygen atoms in total. The Bertz CT molecular complexity index is 490. The van der Waals surface area contributed by atoms with Gasteiger partial charge in [0.2, 0.25) is 0 Å². The standard InChI is InChI=1S/C12H13FN2O4/c1-14-12(18)15-10(16)7-19-11(17)6-8-4-2-3-5-9(8)13/h2-5H,6-7H2,1H3,(H2,14,15,16,18). The third kappa shape index (κ3) is 5.15. The van der Waals surface area contributed by atoms with Crippen molar-refractivity contribution >= 4 is 17.9 Å². The van der Waals surface area contributed by atoms with Gasteiger partial charge in [-0.1, -0.05) is 18.2 Å². The summed E-state index contributed by atoms with van der Waals surface area (Å²) in [5.41, 5.74) is 0.180. The highest BCUT2D eigenvalue weighted by Crippen LogP contribution is 2.07. The van der Waals surface area contributed by atoms with Crippen LogP contribution in [-0.2, 0) is 20.7 Å². The maximum absolute atomic E-state index is 13.2. The summed E-state index contributed by atoms with van der Waals surface area (Å²) in [6.07, 6.45) is -0.278. The van der Waals surface area contributed by atoms with Gasteiger partial charge in [0, 0.05) is 7.05 Å². The molecule has 19 heavy (non-hydrogen) atoms. The summed E-state index contributed by atoms with van der Waals surface area (Å²) in [5.74, 6) is -2.03. The van der Waals surface area contributed by atoms with Crippen LogP contribution in [0, 0.1) is 5.82 Å². The highest BCUT2D eigenvalue weighted by atomic mass is 19.1. The number of hydrogen-bond acceptors (Lipinski definition) is 4. The summed E-state index contributed by atoms with van der Waals surface area (Å²) < 4.78 is 17.8. The number of amides is 3. The zero-order chi connectivity index (χ0) is 14.3. The molecule has 0 aromatic heterocycles. The first kappa shape index (κ1) is 14.6. The van der Waals surface area contributed by atoms with E-state index in [2.05, 4.69) is 10.1 Å². The largest absolute Gasteiger partial charge is 0.455 e. The third-order valence-electron chi connectivity index (χ3n) is 2.14. The molecule has 3 amide bonds. The van der Waals surface area contributed by atoms with Crippen molar-refractivity contribution in [2.45, 2.75) is 6.42 Å². The minimum absolute atomic E-state index is 0.180. The number of rotatable bonds is 4. The maximum Gasteiger partial charge on any atom is 0.321 e. The molecule has 1 rings (SSSR count). The lowest BCUT2D eigenvalue weighted by atomic mass is 10.1. The third-order valence-corrected chi connectivity index (χ3v) is 2.14. The van der Waals surface area contributed by atoms with Crippen molar-refractivity contribution in [2.24, 2.45) is 0 Å². The highest BCUT2D eigenvalue weighted by Gasteiger charge is 2.12. The quantitative estimate of drug-likeness (QED) is 0.772. The molecule has 0 atom stereocenters. The summed E-state index contributed by atoms with van der Waals surface area (Å²) in [7, 11) is 1.34. The zero-order valence-corrected chi connectivity index (χ0v) is 10.2. The van der Waals surface area contributed by atoms with Crippen molar-refractivity contribution < 1.29 is 23.5 Å². The molecule has 1 aromatic carbocycles. The van der Waals surface area contributed by atoms with Gasteiger partial charge in [-0.3, -0.25) is 14.9 Å². The van der Waals surface area contributed by atoms with Crippen LogP contribution in [-0.4, -0.2) is 31.6 Å². The minimum Gasteiger partial charge on any atom is -0.455 e. The van der Waals surface area contributed by atoms with Gasteiger partial charge in [-0.05, 0) is 11.6 Å². The smallest absolute Gasteiger partial charge is 0.321 e. The number of esters is 1. The van der Waals surface area contributed by atoms with Crippen molar-refractivity contribution in [3.05, 3.63) is 35.6 Å². The first-order valence-corrected chi connectivity index (χ1v) is 5.43. The Hall–Kier alpha value is -2.44. The Balaban J connectivity index is 2.38. The Morgan fingerprint density at radius 1 is 1.26 bits per heavy atom. The van der Waals surface area contributed by atoms with E-state index in [4.69, 9.17) is 0 Å². The zero-order valence-electron chi connectivity index (χ0n) is 10.2. The summed E-state index contributed by atoms with van der Waals surface area (Å²) in [6.45, 7) is -0.597. The average molecular weight is 268 g/mol. The fourth-order valence-corrected chi connectivity index (χ4v) is 1.22. The van der Waals surface area contributed by atoms with Crippen LogP contribution in [0.1, 0.15) is 5.56 Å². The molecule has 0 saturated heterocycles. The lowest BCUT2D eigenvalue weighted by Gasteiger charge is -2.06. The Labute approximate surface area is 108 Å². The van der Waals surface area contributed by atoms with Gasteiger partial charge >= 0.3 is 12.0 Å². The van der Waals surface area contributed by atoms with Gasteiger partial charge in [0.1, 0.15) is 5.82 Å². The monoisotopic (exact) mass is 268 g/mol. The predicted molar refractivity (Wildman–Crippen MR) is 63.7 cm³/mol. The average Bonchev–Trinajstić information content (AvgIpc) is 2.39. The SMILES string of the molecule is CNC(=O)NC(=O)COC(=O)Cc1ccccc1F. The fourth-order valence-electron chi connectivity index (χ4n) is 1.22. The van der Waals surface area contributed by atoms with E-state index in [1.807, 2.05) is 5.32 Å². The van der Waals surface area contributed by atoms with E-state index >= 15 is 0 Å². The summed E-state index contributed by atoms with van der Waals surface area (Å²) >= 11 is 0. The van der Waals surface area contributed by atoms with E-state index in [1.165, 1.54) is 25.2 Å².